The van der Waals surface area contributed by atoms with Gasteiger partial charge in [-0.2, -0.15) is 10.1 Å². The fourth-order valence-electron chi connectivity index (χ4n) is 3.69. The molecule has 1 aliphatic carbocycles. The lowest BCUT2D eigenvalue weighted by molar-refractivity contribution is 0.0926. The zero-order chi connectivity index (χ0) is 17.2. The Balaban J connectivity index is 1.43. The number of aromatic amines is 1. The molecule has 1 unspecified atom stereocenters. The Bertz CT molecular complexity index is 746. The summed E-state index contributed by atoms with van der Waals surface area (Å²) in [7, 11) is 0. The minimum Gasteiger partial charge on any atom is -0.339 e. The average Bonchev–Trinajstić information content (AvgIpc) is 3.30. The fraction of sp³-hybridized carbons (Fsp3) is 0.647. The Hall–Kier alpha value is -2.22. The summed E-state index contributed by atoms with van der Waals surface area (Å²) >= 11 is 0. The van der Waals surface area contributed by atoms with Gasteiger partial charge in [0.05, 0.1) is 0 Å². The van der Waals surface area contributed by atoms with E-state index in [1.807, 2.05) is 6.92 Å². The van der Waals surface area contributed by atoms with Gasteiger partial charge in [0.2, 0.25) is 5.89 Å². The van der Waals surface area contributed by atoms with Gasteiger partial charge in [0, 0.05) is 36.7 Å². The van der Waals surface area contributed by atoms with E-state index in [0.717, 1.165) is 42.9 Å². The molecule has 8 nitrogen and oxygen atoms in total. The summed E-state index contributed by atoms with van der Waals surface area (Å²) in [6.45, 7) is 3.42. The fourth-order valence-corrected chi connectivity index (χ4v) is 3.69. The van der Waals surface area contributed by atoms with Crippen LogP contribution < -0.4 is 10.6 Å². The van der Waals surface area contributed by atoms with Crippen molar-refractivity contribution < 1.29 is 9.32 Å². The number of carbonyl (C=O) groups is 1. The van der Waals surface area contributed by atoms with Crippen molar-refractivity contribution in [2.45, 2.75) is 64.0 Å². The van der Waals surface area contributed by atoms with Gasteiger partial charge in [0.15, 0.2) is 11.5 Å². The van der Waals surface area contributed by atoms with Crippen molar-refractivity contribution in [2.24, 2.45) is 0 Å². The maximum Gasteiger partial charge on any atom is 0.272 e. The number of amides is 1. The molecule has 4 rings (SSSR count). The van der Waals surface area contributed by atoms with Crippen LogP contribution in [0.25, 0.3) is 0 Å². The first-order chi connectivity index (χ1) is 12.2. The Labute approximate surface area is 146 Å². The van der Waals surface area contributed by atoms with Crippen LogP contribution in [0, 0.1) is 0 Å². The van der Waals surface area contributed by atoms with E-state index in [0.29, 0.717) is 24.0 Å². The summed E-state index contributed by atoms with van der Waals surface area (Å²) in [4.78, 5) is 17.1. The molecule has 0 radical (unpaired) electrons. The predicted octanol–water partition coefficient (Wildman–Crippen LogP) is 1.98. The first-order valence-corrected chi connectivity index (χ1v) is 9.13. The number of nitrogens with one attached hydrogen (secondary N) is 3. The summed E-state index contributed by atoms with van der Waals surface area (Å²) in [6.07, 6.45) is 6.83. The predicted molar refractivity (Wildman–Crippen MR) is 90.0 cm³/mol. The first kappa shape index (κ1) is 16.3. The molecule has 2 aromatic heterocycles. The standard InChI is InChI=1S/C17H24N6O2/c1-10(17-20-15(23-25-17)11-5-3-2-4-6-11)19-16(24)14-12-9-18-8-7-13(12)21-22-14/h10-11,18H,2-9H2,1H3,(H,19,24)(H,21,22). The van der Waals surface area contributed by atoms with E-state index < -0.39 is 0 Å². The molecular formula is C17H24N6O2. The van der Waals surface area contributed by atoms with E-state index in [-0.39, 0.29) is 11.9 Å². The van der Waals surface area contributed by atoms with Crippen LogP contribution in [0.3, 0.4) is 0 Å². The molecular weight excluding hydrogens is 320 g/mol. The largest absolute Gasteiger partial charge is 0.339 e. The van der Waals surface area contributed by atoms with Crippen molar-refractivity contribution in [3.8, 4) is 0 Å². The molecule has 2 aliphatic rings. The molecule has 1 fully saturated rings. The molecule has 8 heteroatoms. The lowest BCUT2D eigenvalue weighted by Crippen LogP contribution is -2.30. The zero-order valence-corrected chi connectivity index (χ0v) is 14.5. The molecule has 3 N–H and O–H groups in total. The molecule has 1 amide bonds. The van der Waals surface area contributed by atoms with Gasteiger partial charge < -0.3 is 15.2 Å². The highest BCUT2D eigenvalue weighted by Gasteiger charge is 2.26. The number of fused-ring (bicyclic) bond motifs is 1. The van der Waals surface area contributed by atoms with Gasteiger partial charge in [-0.25, -0.2) is 0 Å². The van der Waals surface area contributed by atoms with Crippen molar-refractivity contribution >= 4 is 5.91 Å². The second-order valence-corrected chi connectivity index (χ2v) is 6.98. The van der Waals surface area contributed by atoms with Gasteiger partial charge in [-0.3, -0.25) is 9.89 Å². The third kappa shape index (κ3) is 3.30. The normalized spacial score (nSPS) is 19.4. The van der Waals surface area contributed by atoms with Gasteiger partial charge >= 0.3 is 0 Å². The quantitative estimate of drug-likeness (QED) is 0.782. The van der Waals surface area contributed by atoms with Crippen LogP contribution in [0.5, 0.6) is 0 Å². The smallest absolute Gasteiger partial charge is 0.272 e. The van der Waals surface area contributed by atoms with E-state index in [1.54, 1.807) is 0 Å². The van der Waals surface area contributed by atoms with Crippen molar-refractivity contribution in [1.29, 1.82) is 0 Å². The van der Waals surface area contributed by atoms with Crippen LogP contribution in [-0.2, 0) is 13.0 Å². The van der Waals surface area contributed by atoms with Gasteiger partial charge in [-0.1, -0.05) is 24.4 Å². The molecule has 0 spiro atoms. The van der Waals surface area contributed by atoms with Crippen LogP contribution in [0.2, 0.25) is 0 Å². The van der Waals surface area contributed by atoms with Gasteiger partial charge in [-0.05, 0) is 19.8 Å². The van der Waals surface area contributed by atoms with E-state index >= 15 is 0 Å². The molecule has 1 saturated carbocycles. The molecule has 0 saturated heterocycles. The zero-order valence-electron chi connectivity index (χ0n) is 14.5. The highest BCUT2D eigenvalue weighted by atomic mass is 16.5. The Kier molecular flexibility index (Phi) is 4.52. The number of hydrogen-bond donors (Lipinski definition) is 3. The minimum atomic E-state index is -0.346. The number of rotatable bonds is 4. The SMILES string of the molecule is CC(NC(=O)c1n[nH]c2c1CNCC2)c1nc(C2CCCCC2)no1. The van der Waals surface area contributed by atoms with Crippen LogP contribution in [0.4, 0.5) is 0 Å². The van der Waals surface area contributed by atoms with Gasteiger partial charge in [-0.15, -0.1) is 0 Å². The first-order valence-electron chi connectivity index (χ1n) is 9.13. The molecule has 0 aromatic carbocycles. The monoisotopic (exact) mass is 344 g/mol. The third-order valence-electron chi connectivity index (χ3n) is 5.17. The summed E-state index contributed by atoms with van der Waals surface area (Å²) in [5.74, 6) is 1.40. The average molecular weight is 344 g/mol. The molecule has 3 heterocycles. The van der Waals surface area contributed by atoms with Gasteiger partial charge in [0.25, 0.3) is 5.91 Å². The second-order valence-electron chi connectivity index (χ2n) is 6.98. The van der Waals surface area contributed by atoms with Crippen molar-refractivity contribution in [3.05, 3.63) is 28.7 Å². The minimum absolute atomic E-state index is 0.217. The highest BCUT2D eigenvalue weighted by molar-refractivity contribution is 5.94. The number of nitrogens with zero attached hydrogens (tertiary/aromatic N) is 3. The number of aromatic nitrogens is 4. The number of carbonyl (C=O) groups excluding carboxylic acids is 1. The summed E-state index contributed by atoms with van der Waals surface area (Å²) in [5, 5.41) is 17.5. The Morgan fingerprint density at radius 2 is 2.16 bits per heavy atom. The lowest BCUT2D eigenvalue weighted by Gasteiger charge is -2.17. The maximum atomic E-state index is 12.6. The maximum absolute atomic E-state index is 12.6. The van der Waals surface area contributed by atoms with Crippen molar-refractivity contribution in [2.75, 3.05) is 6.54 Å². The summed E-state index contributed by atoms with van der Waals surface area (Å²) in [6, 6.07) is -0.346. The van der Waals surface area contributed by atoms with Crippen LogP contribution in [-0.4, -0.2) is 32.8 Å². The molecule has 2 aromatic rings. The van der Waals surface area contributed by atoms with Gasteiger partial charge in [0.1, 0.15) is 6.04 Å². The van der Waals surface area contributed by atoms with Crippen LogP contribution in [0.15, 0.2) is 4.52 Å². The third-order valence-corrected chi connectivity index (χ3v) is 5.17. The number of hydrogen-bond acceptors (Lipinski definition) is 6. The van der Waals surface area contributed by atoms with E-state index in [4.69, 9.17) is 4.52 Å². The molecule has 1 atom stereocenters. The van der Waals surface area contributed by atoms with Crippen molar-refractivity contribution in [3.63, 3.8) is 0 Å². The Morgan fingerprint density at radius 1 is 1.32 bits per heavy atom. The lowest BCUT2D eigenvalue weighted by atomic mass is 9.89. The number of H-pyrrole nitrogens is 1. The molecule has 134 valence electrons. The second kappa shape index (κ2) is 6.95. The highest BCUT2D eigenvalue weighted by Crippen LogP contribution is 2.31. The summed E-state index contributed by atoms with van der Waals surface area (Å²) < 4.78 is 5.39. The molecule has 25 heavy (non-hydrogen) atoms. The van der Waals surface area contributed by atoms with Crippen molar-refractivity contribution in [1.82, 2.24) is 31.0 Å². The Morgan fingerprint density at radius 3 is 3.00 bits per heavy atom. The molecule has 0 bridgehead atoms. The van der Waals surface area contributed by atoms with E-state index in [1.165, 1.54) is 19.3 Å². The van der Waals surface area contributed by atoms with Crippen LogP contribution in [0.1, 0.15) is 84.4 Å². The topological polar surface area (TPSA) is 109 Å². The van der Waals surface area contributed by atoms with Crippen LogP contribution >= 0.6 is 0 Å². The summed E-state index contributed by atoms with van der Waals surface area (Å²) in [5.41, 5.74) is 2.43. The van der Waals surface area contributed by atoms with E-state index in [2.05, 4.69) is 31.0 Å². The molecule has 1 aliphatic heterocycles. The van der Waals surface area contributed by atoms with E-state index in [9.17, 15) is 4.79 Å².